The van der Waals surface area contributed by atoms with E-state index in [1.165, 1.54) is 0 Å². The molecule has 11 heavy (non-hydrogen) atoms. The highest BCUT2D eigenvalue weighted by Crippen LogP contribution is 2.36. The first kappa shape index (κ1) is 7.43. The fraction of sp³-hybridized carbons (Fsp3) is 1.00. The van der Waals surface area contributed by atoms with Gasteiger partial charge in [0, 0.05) is 19.1 Å². The normalized spacial score (nSPS) is 42.8. The zero-order chi connectivity index (χ0) is 8.06. The molecule has 2 heterocycles. The summed E-state index contributed by atoms with van der Waals surface area (Å²) in [5.41, 5.74) is 0. The van der Waals surface area contributed by atoms with E-state index in [1.54, 1.807) is 0 Å². The van der Waals surface area contributed by atoms with Crippen molar-refractivity contribution in [3.05, 3.63) is 0 Å². The molecular weight excluding hydrogens is 150 g/mol. The molecular formula is C7H12F2N2. The van der Waals surface area contributed by atoms with Crippen LogP contribution in [0.1, 0.15) is 0 Å². The summed E-state index contributed by atoms with van der Waals surface area (Å²) in [4.78, 5) is 1.95. The van der Waals surface area contributed by atoms with Crippen molar-refractivity contribution < 1.29 is 8.78 Å². The lowest BCUT2D eigenvalue weighted by Crippen LogP contribution is -2.31. The average molecular weight is 162 g/mol. The first-order valence-electron chi connectivity index (χ1n) is 3.89. The van der Waals surface area contributed by atoms with Gasteiger partial charge in [0.2, 0.25) is 0 Å². The average Bonchev–Trinajstić information content (AvgIpc) is 2.35. The zero-order valence-electron chi connectivity index (χ0n) is 6.48. The van der Waals surface area contributed by atoms with E-state index in [2.05, 4.69) is 5.32 Å². The molecule has 0 aromatic rings. The molecule has 2 fully saturated rings. The molecule has 64 valence electrons. The maximum Gasteiger partial charge on any atom is 0.265 e. The number of fused-ring (bicyclic) bond motifs is 1. The van der Waals surface area contributed by atoms with Gasteiger partial charge in [0.05, 0.1) is 12.5 Å². The lowest BCUT2D eigenvalue weighted by molar-refractivity contribution is -0.0233. The van der Waals surface area contributed by atoms with Crippen LogP contribution in [0.15, 0.2) is 0 Å². The third kappa shape index (κ3) is 1.05. The third-order valence-corrected chi connectivity index (χ3v) is 2.64. The Morgan fingerprint density at radius 2 is 2.18 bits per heavy atom. The fourth-order valence-electron chi connectivity index (χ4n) is 2.03. The van der Waals surface area contributed by atoms with Crippen LogP contribution in [-0.2, 0) is 0 Å². The van der Waals surface area contributed by atoms with Gasteiger partial charge in [0.1, 0.15) is 0 Å². The molecule has 1 N–H and O–H groups in total. The molecule has 0 spiro atoms. The van der Waals surface area contributed by atoms with Gasteiger partial charge in [-0.2, -0.15) is 0 Å². The van der Waals surface area contributed by atoms with Crippen molar-refractivity contribution in [1.82, 2.24) is 10.2 Å². The molecule has 0 amide bonds. The number of nitrogens with one attached hydrogen (secondary N) is 1. The number of rotatable bonds is 0. The van der Waals surface area contributed by atoms with Crippen LogP contribution in [0.25, 0.3) is 0 Å². The van der Waals surface area contributed by atoms with Crippen molar-refractivity contribution >= 4 is 0 Å². The van der Waals surface area contributed by atoms with Crippen LogP contribution in [0.3, 0.4) is 0 Å². The summed E-state index contributed by atoms with van der Waals surface area (Å²) in [7, 11) is 1.88. The monoisotopic (exact) mass is 162 g/mol. The third-order valence-electron chi connectivity index (χ3n) is 2.64. The highest BCUT2D eigenvalue weighted by Gasteiger charge is 2.53. The molecule has 2 aliphatic heterocycles. The van der Waals surface area contributed by atoms with E-state index in [0.717, 1.165) is 6.54 Å². The summed E-state index contributed by atoms with van der Waals surface area (Å²) in [5.74, 6) is -2.93. The Labute approximate surface area is 64.6 Å². The smallest absolute Gasteiger partial charge is 0.265 e. The molecule has 0 aromatic heterocycles. The summed E-state index contributed by atoms with van der Waals surface area (Å²) in [6, 6.07) is 0.0231. The number of nitrogens with zero attached hydrogens (tertiary/aromatic N) is 1. The number of likely N-dealkylation sites (N-methyl/N-ethyl adjacent to an activating group) is 1. The highest BCUT2D eigenvalue weighted by atomic mass is 19.3. The van der Waals surface area contributed by atoms with Crippen LogP contribution in [0.4, 0.5) is 8.78 Å². The first-order valence-corrected chi connectivity index (χ1v) is 3.89. The van der Waals surface area contributed by atoms with Crippen molar-refractivity contribution in [3.63, 3.8) is 0 Å². The maximum absolute atomic E-state index is 13.0. The SMILES string of the molecule is CN1CC2NCC(F)(F)C2C1. The molecule has 0 aliphatic carbocycles. The Bertz CT molecular complexity index is 172. The summed E-state index contributed by atoms with van der Waals surface area (Å²) < 4.78 is 26.0. The highest BCUT2D eigenvalue weighted by molar-refractivity contribution is 5.02. The number of likely N-dealkylation sites (tertiary alicyclic amines) is 1. The molecule has 2 aliphatic rings. The Balaban J connectivity index is 2.13. The Kier molecular flexibility index (Phi) is 1.44. The topological polar surface area (TPSA) is 15.3 Å². The first-order chi connectivity index (χ1) is 5.09. The number of hydrogen-bond acceptors (Lipinski definition) is 2. The second kappa shape index (κ2) is 2.14. The minimum absolute atomic E-state index is 0.0231. The fourth-order valence-corrected chi connectivity index (χ4v) is 2.03. The standard InChI is InChI=1S/C7H12F2N2/c1-11-2-5-6(3-11)10-4-7(5,8)9/h5-6,10H,2-4H2,1H3. The second-order valence-electron chi connectivity index (χ2n) is 3.58. The predicted molar refractivity (Wildman–Crippen MR) is 37.7 cm³/mol. The van der Waals surface area contributed by atoms with Gasteiger partial charge in [-0.05, 0) is 7.05 Å². The quantitative estimate of drug-likeness (QED) is 0.545. The van der Waals surface area contributed by atoms with E-state index in [1.807, 2.05) is 11.9 Å². The van der Waals surface area contributed by atoms with Gasteiger partial charge in [-0.1, -0.05) is 0 Å². The van der Waals surface area contributed by atoms with Crippen molar-refractivity contribution in [2.75, 3.05) is 26.7 Å². The van der Waals surface area contributed by atoms with Gasteiger partial charge >= 0.3 is 0 Å². The van der Waals surface area contributed by atoms with Gasteiger partial charge in [-0.15, -0.1) is 0 Å². The lowest BCUT2D eigenvalue weighted by Gasteiger charge is -2.16. The summed E-state index contributed by atoms with van der Waals surface area (Å²) in [6.07, 6.45) is 0. The van der Waals surface area contributed by atoms with Gasteiger partial charge in [0.15, 0.2) is 0 Å². The van der Waals surface area contributed by atoms with E-state index in [-0.39, 0.29) is 12.6 Å². The van der Waals surface area contributed by atoms with E-state index in [0.29, 0.717) is 6.54 Å². The molecule has 2 nitrogen and oxygen atoms in total. The van der Waals surface area contributed by atoms with Crippen LogP contribution in [0.2, 0.25) is 0 Å². The van der Waals surface area contributed by atoms with Crippen LogP contribution in [0, 0.1) is 5.92 Å². The molecule has 0 bridgehead atoms. The molecule has 2 saturated heterocycles. The van der Waals surface area contributed by atoms with Crippen molar-refractivity contribution in [2.24, 2.45) is 5.92 Å². The van der Waals surface area contributed by atoms with Crippen molar-refractivity contribution in [3.8, 4) is 0 Å². The summed E-state index contributed by atoms with van der Waals surface area (Å²) >= 11 is 0. The van der Waals surface area contributed by atoms with Gasteiger partial charge in [-0.25, -0.2) is 8.78 Å². The number of halogens is 2. The molecule has 4 heteroatoms. The minimum Gasteiger partial charge on any atom is -0.307 e. The molecule has 2 atom stereocenters. The number of alkyl halides is 2. The minimum atomic E-state index is -2.48. The van der Waals surface area contributed by atoms with Gasteiger partial charge in [0.25, 0.3) is 5.92 Å². The van der Waals surface area contributed by atoms with Crippen molar-refractivity contribution in [1.29, 1.82) is 0 Å². The van der Waals surface area contributed by atoms with E-state index in [4.69, 9.17) is 0 Å². The summed E-state index contributed by atoms with van der Waals surface area (Å²) in [5, 5.41) is 2.85. The predicted octanol–water partition coefficient (Wildman–Crippen LogP) is 0.155. The van der Waals surface area contributed by atoms with E-state index in [9.17, 15) is 8.78 Å². The molecule has 0 radical (unpaired) electrons. The van der Waals surface area contributed by atoms with Crippen LogP contribution >= 0.6 is 0 Å². The molecule has 0 aromatic carbocycles. The largest absolute Gasteiger partial charge is 0.307 e. The Morgan fingerprint density at radius 3 is 2.82 bits per heavy atom. The second-order valence-corrected chi connectivity index (χ2v) is 3.58. The molecule has 2 rings (SSSR count). The van der Waals surface area contributed by atoms with E-state index >= 15 is 0 Å². The van der Waals surface area contributed by atoms with Crippen LogP contribution in [0.5, 0.6) is 0 Å². The van der Waals surface area contributed by atoms with E-state index < -0.39 is 11.8 Å². The van der Waals surface area contributed by atoms with Crippen LogP contribution < -0.4 is 5.32 Å². The van der Waals surface area contributed by atoms with Crippen molar-refractivity contribution in [2.45, 2.75) is 12.0 Å². The Hall–Kier alpha value is -0.220. The Morgan fingerprint density at radius 1 is 1.45 bits per heavy atom. The lowest BCUT2D eigenvalue weighted by atomic mass is 10.0. The van der Waals surface area contributed by atoms with Gasteiger partial charge < -0.3 is 10.2 Å². The molecule has 2 unspecified atom stereocenters. The number of hydrogen-bond donors (Lipinski definition) is 1. The van der Waals surface area contributed by atoms with Gasteiger partial charge in [-0.3, -0.25) is 0 Å². The summed E-state index contributed by atoms with van der Waals surface area (Å²) in [6.45, 7) is 1.17. The zero-order valence-corrected chi connectivity index (χ0v) is 6.48. The molecule has 0 saturated carbocycles. The van der Waals surface area contributed by atoms with Crippen LogP contribution in [-0.4, -0.2) is 43.5 Å². The maximum atomic E-state index is 13.0.